The van der Waals surface area contributed by atoms with Crippen LogP contribution in [0, 0.1) is 21.4 Å². The predicted molar refractivity (Wildman–Crippen MR) is 73.1 cm³/mol. The van der Waals surface area contributed by atoms with Crippen LogP contribution in [-0.4, -0.2) is 30.4 Å². The average molecular weight is 295 g/mol. The van der Waals surface area contributed by atoms with Crippen LogP contribution in [-0.2, 0) is 9.84 Å². The van der Waals surface area contributed by atoms with Crippen molar-refractivity contribution in [2.75, 3.05) is 16.8 Å². The van der Waals surface area contributed by atoms with Gasteiger partial charge in [-0.1, -0.05) is 0 Å². The van der Waals surface area contributed by atoms with Gasteiger partial charge in [-0.3, -0.25) is 10.1 Å². The SMILES string of the molecule is CC1(Nc2ccc([N+](=O)[O-])c(C#N)c2)CCS(=O)(=O)C1. The van der Waals surface area contributed by atoms with Crippen LogP contribution in [0.1, 0.15) is 18.9 Å². The van der Waals surface area contributed by atoms with Crippen LogP contribution in [0.2, 0.25) is 0 Å². The monoisotopic (exact) mass is 295 g/mol. The Kier molecular flexibility index (Phi) is 3.39. The highest BCUT2D eigenvalue weighted by Gasteiger charge is 2.38. The lowest BCUT2D eigenvalue weighted by Gasteiger charge is -2.25. The number of anilines is 1. The Hall–Kier alpha value is -2.14. The van der Waals surface area contributed by atoms with E-state index in [2.05, 4.69) is 5.32 Å². The average Bonchev–Trinajstić information content (AvgIpc) is 2.62. The summed E-state index contributed by atoms with van der Waals surface area (Å²) < 4.78 is 23.0. The second-order valence-corrected chi connectivity index (χ2v) is 7.31. The zero-order valence-electron chi connectivity index (χ0n) is 10.8. The van der Waals surface area contributed by atoms with Crippen LogP contribution in [0.15, 0.2) is 18.2 Å². The van der Waals surface area contributed by atoms with E-state index in [4.69, 9.17) is 5.26 Å². The van der Waals surface area contributed by atoms with Crippen molar-refractivity contribution in [2.45, 2.75) is 18.9 Å². The minimum absolute atomic E-state index is 0.0128. The van der Waals surface area contributed by atoms with E-state index in [1.807, 2.05) is 0 Å². The fourth-order valence-electron chi connectivity index (χ4n) is 2.32. The fraction of sp³-hybridized carbons (Fsp3) is 0.417. The maximum absolute atomic E-state index is 11.5. The molecule has 1 saturated heterocycles. The molecule has 0 aromatic heterocycles. The lowest BCUT2D eigenvalue weighted by atomic mass is 10.0. The lowest BCUT2D eigenvalue weighted by Crippen LogP contribution is -2.35. The van der Waals surface area contributed by atoms with E-state index in [1.165, 1.54) is 18.2 Å². The zero-order chi connectivity index (χ0) is 15.0. The molecule has 8 heteroatoms. The molecule has 0 spiro atoms. The van der Waals surface area contributed by atoms with E-state index in [9.17, 15) is 18.5 Å². The Morgan fingerprint density at radius 1 is 1.50 bits per heavy atom. The summed E-state index contributed by atoms with van der Waals surface area (Å²) in [6, 6.07) is 5.87. The molecule has 0 saturated carbocycles. The fourth-order valence-corrected chi connectivity index (χ4v) is 4.41. The highest BCUT2D eigenvalue weighted by atomic mass is 32.2. The van der Waals surface area contributed by atoms with Crippen LogP contribution in [0.5, 0.6) is 0 Å². The summed E-state index contributed by atoms with van der Waals surface area (Å²) >= 11 is 0. The number of sulfone groups is 1. The highest BCUT2D eigenvalue weighted by molar-refractivity contribution is 7.91. The van der Waals surface area contributed by atoms with Gasteiger partial charge < -0.3 is 5.32 Å². The summed E-state index contributed by atoms with van der Waals surface area (Å²) in [4.78, 5) is 10.1. The first-order valence-electron chi connectivity index (χ1n) is 5.92. The molecule has 1 N–H and O–H groups in total. The summed E-state index contributed by atoms with van der Waals surface area (Å²) in [6.45, 7) is 1.78. The molecule has 1 fully saturated rings. The molecule has 106 valence electrons. The van der Waals surface area contributed by atoms with E-state index >= 15 is 0 Å². The third kappa shape index (κ3) is 2.88. The molecule has 0 bridgehead atoms. The van der Waals surface area contributed by atoms with E-state index < -0.39 is 20.3 Å². The number of nitriles is 1. The first kappa shape index (κ1) is 14.3. The van der Waals surface area contributed by atoms with Crippen LogP contribution < -0.4 is 5.32 Å². The molecule has 1 aliphatic heterocycles. The Morgan fingerprint density at radius 3 is 2.70 bits per heavy atom. The third-order valence-electron chi connectivity index (χ3n) is 3.26. The lowest BCUT2D eigenvalue weighted by molar-refractivity contribution is -0.385. The summed E-state index contributed by atoms with van der Waals surface area (Å²) in [5.74, 6) is 0.132. The zero-order valence-corrected chi connectivity index (χ0v) is 11.6. The number of nitrogens with zero attached hydrogens (tertiary/aromatic N) is 2. The third-order valence-corrected chi connectivity index (χ3v) is 5.17. The number of nitrogens with one attached hydrogen (secondary N) is 1. The Bertz CT molecular complexity index is 708. The van der Waals surface area contributed by atoms with Gasteiger partial charge in [-0.25, -0.2) is 8.42 Å². The van der Waals surface area contributed by atoms with Gasteiger partial charge in [0.2, 0.25) is 0 Å². The number of nitro groups is 1. The number of hydrogen-bond acceptors (Lipinski definition) is 6. The molecule has 1 atom stereocenters. The first-order valence-corrected chi connectivity index (χ1v) is 7.74. The van der Waals surface area contributed by atoms with Crippen LogP contribution in [0.3, 0.4) is 0 Å². The van der Waals surface area contributed by atoms with Crippen molar-refractivity contribution in [2.24, 2.45) is 0 Å². The summed E-state index contributed by atoms with van der Waals surface area (Å²) in [5.41, 5.74) is -0.416. The van der Waals surface area contributed by atoms with Gasteiger partial charge >= 0.3 is 0 Å². The van der Waals surface area contributed by atoms with Gasteiger partial charge in [-0.15, -0.1) is 0 Å². The smallest absolute Gasteiger partial charge is 0.287 e. The van der Waals surface area contributed by atoms with Crippen molar-refractivity contribution in [3.05, 3.63) is 33.9 Å². The Labute approximate surface area is 116 Å². The largest absolute Gasteiger partial charge is 0.379 e. The molecule has 1 aromatic carbocycles. The summed E-state index contributed by atoms with van der Waals surface area (Å²) in [5, 5.41) is 22.7. The molecule has 1 aromatic rings. The van der Waals surface area contributed by atoms with E-state index in [0.717, 1.165) is 0 Å². The van der Waals surface area contributed by atoms with Gasteiger partial charge in [0.15, 0.2) is 9.84 Å². The Balaban J connectivity index is 2.28. The first-order chi connectivity index (χ1) is 9.25. The van der Waals surface area contributed by atoms with Crippen molar-refractivity contribution in [1.29, 1.82) is 5.26 Å². The standard InChI is InChI=1S/C12H13N3O4S/c1-12(4-5-20(18,19)8-12)14-10-2-3-11(15(16)17)9(6-10)7-13/h2-3,6,14H,4-5,8H2,1H3. The quantitative estimate of drug-likeness (QED) is 0.667. The number of benzene rings is 1. The van der Waals surface area contributed by atoms with Crippen molar-refractivity contribution in [1.82, 2.24) is 0 Å². The van der Waals surface area contributed by atoms with Gasteiger partial charge in [0.25, 0.3) is 5.69 Å². The molecule has 1 unspecified atom stereocenters. The van der Waals surface area contributed by atoms with Gasteiger partial charge in [0.1, 0.15) is 11.6 Å². The Morgan fingerprint density at radius 2 is 2.20 bits per heavy atom. The molecule has 0 aliphatic carbocycles. The number of rotatable bonds is 3. The number of nitro benzene ring substituents is 1. The predicted octanol–water partition coefficient (Wildman–Crippen LogP) is 1.46. The molecular formula is C12H13N3O4S. The van der Waals surface area contributed by atoms with E-state index in [-0.39, 0.29) is 22.8 Å². The second kappa shape index (κ2) is 4.76. The van der Waals surface area contributed by atoms with Crippen LogP contribution in [0.25, 0.3) is 0 Å². The summed E-state index contributed by atoms with van der Waals surface area (Å²) in [7, 11) is -3.05. The van der Waals surface area contributed by atoms with Gasteiger partial charge in [-0.05, 0) is 25.5 Å². The minimum atomic E-state index is -3.05. The minimum Gasteiger partial charge on any atom is -0.379 e. The topological polar surface area (TPSA) is 113 Å². The summed E-state index contributed by atoms with van der Waals surface area (Å²) in [6.07, 6.45) is 0.466. The molecule has 1 aliphatic rings. The molecule has 0 amide bonds. The maximum Gasteiger partial charge on any atom is 0.287 e. The normalized spacial score (nSPS) is 24.0. The van der Waals surface area contributed by atoms with Crippen molar-refractivity contribution < 1.29 is 13.3 Å². The van der Waals surface area contributed by atoms with Crippen molar-refractivity contribution in [3.63, 3.8) is 0 Å². The maximum atomic E-state index is 11.5. The van der Waals surface area contributed by atoms with Crippen molar-refractivity contribution in [3.8, 4) is 6.07 Å². The molecule has 1 heterocycles. The molecular weight excluding hydrogens is 282 g/mol. The van der Waals surface area contributed by atoms with Gasteiger partial charge in [-0.2, -0.15) is 5.26 Å². The van der Waals surface area contributed by atoms with Crippen LogP contribution >= 0.6 is 0 Å². The van der Waals surface area contributed by atoms with Crippen LogP contribution in [0.4, 0.5) is 11.4 Å². The molecule has 7 nitrogen and oxygen atoms in total. The van der Waals surface area contributed by atoms with Gasteiger partial charge in [0, 0.05) is 17.3 Å². The molecule has 20 heavy (non-hydrogen) atoms. The van der Waals surface area contributed by atoms with Gasteiger partial charge in [0.05, 0.1) is 16.4 Å². The second-order valence-electron chi connectivity index (χ2n) is 5.13. The molecule has 0 radical (unpaired) electrons. The van der Waals surface area contributed by atoms with Crippen molar-refractivity contribution >= 4 is 21.2 Å². The highest BCUT2D eigenvalue weighted by Crippen LogP contribution is 2.29. The molecule has 2 rings (SSSR count). The van der Waals surface area contributed by atoms with E-state index in [1.54, 1.807) is 13.0 Å². The number of hydrogen-bond donors (Lipinski definition) is 1. The van der Waals surface area contributed by atoms with E-state index in [0.29, 0.717) is 12.1 Å².